The van der Waals surface area contributed by atoms with Crippen molar-refractivity contribution in [2.75, 3.05) is 52.9 Å². The van der Waals surface area contributed by atoms with Gasteiger partial charge in [-0.05, 0) is 94.0 Å². The maximum Gasteiger partial charge on any atom is 0.303 e. The van der Waals surface area contributed by atoms with Crippen molar-refractivity contribution in [3.8, 4) is 11.5 Å². The van der Waals surface area contributed by atoms with E-state index < -0.39 is 148 Å². The van der Waals surface area contributed by atoms with Crippen molar-refractivity contribution in [2.24, 2.45) is 35.1 Å². The van der Waals surface area contributed by atoms with Gasteiger partial charge in [-0.3, -0.25) is 47.9 Å². The number of aromatic hydroxyl groups is 1. The lowest BCUT2D eigenvalue weighted by molar-refractivity contribution is -0.138. The highest BCUT2D eigenvalue weighted by Crippen LogP contribution is 2.29. The molecule has 0 aromatic heterocycles. The van der Waals surface area contributed by atoms with Crippen LogP contribution in [0.5, 0.6) is 11.5 Å². The molecule has 0 bridgehead atoms. The molecule has 2 aromatic rings. The summed E-state index contributed by atoms with van der Waals surface area (Å²) in [6, 6.07) is 3.42. The molecular formula is C53H77N13O15S. The van der Waals surface area contributed by atoms with Crippen LogP contribution in [0.25, 0.3) is 0 Å². The van der Waals surface area contributed by atoms with Crippen LogP contribution < -0.4 is 69.4 Å². The van der Waals surface area contributed by atoms with Crippen molar-refractivity contribution >= 4 is 69.2 Å². The molecule has 4 fully saturated rings. The molecule has 2 aromatic carbocycles. The van der Waals surface area contributed by atoms with Gasteiger partial charge in [0.1, 0.15) is 35.7 Å². The summed E-state index contributed by atoms with van der Waals surface area (Å²) in [5.74, 6) is -10.5. The molecule has 450 valence electrons. The van der Waals surface area contributed by atoms with Crippen LogP contribution in [0.2, 0.25) is 0 Å². The quantitative estimate of drug-likeness (QED) is 0.0360. The minimum atomic E-state index is -4.15. The third-order valence-electron chi connectivity index (χ3n) is 15.3. The van der Waals surface area contributed by atoms with Crippen molar-refractivity contribution in [2.45, 2.75) is 125 Å². The van der Waals surface area contributed by atoms with Crippen LogP contribution >= 0.6 is 0 Å². The summed E-state index contributed by atoms with van der Waals surface area (Å²) in [6.45, 7) is 2.87. The lowest BCUT2D eigenvalue weighted by Gasteiger charge is -2.28. The average molecular weight is 1170 g/mol. The molecule has 9 amide bonds. The first-order valence-electron chi connectivity index (χ1n) is 27.4. The molecule has 12 atom stereocenters. The number of aliphatic carboxylic acids is 1. The highest BCUT2D eigenvalue weighted by Gasteiger charge is 2.46. The maximum atomic E-state index is 14.4. The first kappa shape index (κ1) is 63.7. The number of carbonyl (C=O) groups is 10. The summed E-state index contributed by atoms with van der Waals surface area (Å²) < 4.78 is 33.8. The third-order valence-corrected chi connectivity index (χ3v) is 17.1. The molecule has 1 saturated carbocycles. The fraction of sp³-hybridized carbons (Fsp3) is 0.585. The number of carbonyl (C=O) groups excluding carboxylic acids is 9. The number of benzene rings is 2. The summed E-state index contributed by atoms with van der Waals surface area (Å²) in [5.41, 5.74) is 11.6. The van der Waals surface area contributed by atoms with Crippen LogP contribution in [-0.2, 0) is 64.4 Å². The summed E-state index contributed by atoms with van der Waals surface area (Å²) >= 11 is 0. The molecule has 82 heavy (non-hydrogen) atoms. The predicted octanol–water partition coefficient (Wildman–Crippen LogP) is -4.10. The number of carboxylic acids is 1. The number of ether oxygens (including phenoxy) is 1. The zero-order valence-corrected chi connectivity index (χ0v) is 46.9. The molecule has 6 rings (SSSR count). The molecule has 4 aliphatic rings. The van der Waals surface area contributed by atoms with E-state index in [0.717, 1.165) is 4.31 Å². The number of phenolic OH excluding ortho intramolecular Hbond substituents is 1. The van der Waals surface area contributed by atoms with E-state index in [-0.39, 0.29) is 82.1 Å². The normalized spacial score (nSPS) is 23.9. The molecule has 29 heteroatoms. The minimum Gasteiger partial charge on any atom is -0.508 e. The largest absolute Gasteiger partial charge is 0.508 e. The number of unbranched alkanes of at least 4 members (excludes halogenated alkanes) is 1. The minimum absolute atomic E-state index is 0.0486. The Morgan fingerprint density at radius 3 is 1.76 bits per heavy atom. The topological polar surface area (TPSA) is 430 Å². The van der Waals surface area contributed by atoms with E-state index in [9.17, 15) is 66.6 Å². The highest BCUT2D eigenvalue weighted by molar-refractivity contribution is 7.89. The second-order valence-electron chi connectivity index (χ2n) is 21.2. The number of rotatable bonds is 28. The number of nitrogens with one attached hydrogen (secondary N) is 10. The van der Waals surface area contributed by atoms with Crippen LogP contribution in [0.4, 0.5) is 0 Å². The molecule has 16 N–H and O–H groups in total. The van der Waals surface area contributed by atoms with Gasteiger partial charge in [0, 0.05) is 65.1 Å². The molecule has 3 saturated heterocycles. The average Bonchev–Trinajstić information content (AvgIpc) is 4.15. The van der Waals surface area contributed by atoms with Gasteiger partial charge in [-0.2, -0.15) is 4.31 Å². The van der Waals surface area contributed by atoms with Crippen molar-refractivity contribution < 1.29 is 71.3 Å². The Kier molecular flexibility index (Phi) is 22.9. The van der Waals surface area contributed by atoms with Crippen LogP contribution in [0.1, 0.15) is 70.8 Å². The number of methoxy groups -OCH3 is 1. The van der Waals surface area contributed by atoms with Gasteiger partial charge in [0.05, 0.1) is 53.8 Å². The Morgan fingerprint density at radius 2 is 1.20 bits per heavy atom. The summed E-state index contributed by atoms with van der Waals surface area (Å²) in [7, 11) is -2.71. The van der Waals surface area contributed by atoms with Gasteiger partial charge in [-0.25, -0.2) is 8.42 Å². The zero-order valence-electron chi connectivity index (χ0n) is 46.1. The Labute approximate surface area is 474 Å². The number of carboxylic acid groups (broad SMARTS) is 1. The summed E-state index contributed by atoms with van der Waals surface area (Å²) in [4.78, 5) is 134. The van der Waals surface area contributed by atoms with Crippen molar-refractivity contribution in [3.63, 3.8) is 0 Å². The Balaban J connectivity index is 1.13. The van der Waals surface area contributed by atoms with Gasteiger partial charge in [-0.1, -0.05) is 18.6 Å². The van der Waals surface area contributed by atoms with E-state index in [1.165, 1.54) is 57.4 Å². The number of nitrogens with two attached hydrogens (primary N) is 2. The lowest BCUT2D eigenvalue weighted by Crippen LogP contribution is -2.58. The van der Waals surface area contributed by atoms with Crippen molar-refractivity contribution in [1.29, 1.82) is 0 Å². The molecule has 3 aliphatic heterocycles. The van der Waals surface area contributed by atoms with Crippen LogP contribution in [0, 0.1) is 23.7 Å². The molecule has 8 unspecified atom stereocenters. The standard InChI is InChI=1S/C53H77N13O15S/c1-28(46(55)71)58-48(73)35-22-56-24-42(35)65-52(77)40(18-19-45(69)70)62-47(72)34-7-6-9-38(34)60-53(78)41(21-30-10-12-31(68)13-11-30)63-49(74)36-23-57-25-43(36)64-51(76)39(8-4-5-20-54)61-50(75)37-26-66(27-44(37)59-29(2)67)82(79,80)33-16-14-32(81-3)15-17-33/h10-17,28,34-44,56-57,68H,4-9,18-27,54H2,1-3H3,(H2,55,71)(H,58,73)(H,59,67)(H,60,78)(H,61,75)(H,62,72)(H,63,74)(H,64,76)(H,65,77)(H,69,70)/t28-,34?,35?,36?,37?,38?,39-,40-,41-,42?,43?,44?/m1/s1. The molecule has 28 nitrogen and oxygen atoms in total. The van der Waals surface area contributed by atoms with Gasteiger partial charge in [0.15, 0.2) is 0 Å². The highest BCUT2D eigenvalue weighted by atomic mass is 32.2. The fourth-order valence-electron chi connectivity index (χ4n) is 10.6. The zero-order chi connectivity index (χ0) is 59.8. The van der Waals surface area contributed by atoms with E-state index in [4.69, 9.17) is 16.2 Å². The molecule has 3 heterocycles. The fourth-order valence-corrected chi connectivity index (χ4v) is 12.1. The third kappa shape index (κ3) is 17.3. The van der Waals surface area contributed by atoms with Crippen LogP contribution in [0.15, 0.2) is 53.4 Å². The van der Waals surface area contributed by atoms with Gasteiger partial charge < -0.3 is 79.6 Å². The van der Waals surface area contributed by atoms with Crippen LogP contribution in [0.3, 0.4) is 0 Å². The van der Waals surface area contributed by atoms with Gasteiger partial charge in [0.2, 0.25) is 63.2 Å². The van der Waals surface area contributed by atoms with E-state index in [0.29, 0.717) is 37.0 Å². The number of phenols is 1. The second-order valence-corrected chi connectivity index (χ2v) is 23.2. The number of amides is 9. The number of sulfonamides is 1. The van der Waals surface area contributed by atoms with Crippen molar-refractivity contribution in [3.05, 3.63) is 54.1 Å². The number of hydrogen-bond donors (Lipinski definition) is 14. The number of nitrogens with zero attached hydrogens (tertiary/aromatic N) is 1. The smallest absolute Gasteiger partial charge is 0.303 e. The summed E-state index contributed by atoms with van der Waals surface area (Å²) in [6.07, 6.45) is 1.19. The summed E-state index contributed by atoms with van der Waals surface area (Å²) in [5, 5.41) is 47.6. The predicted molar refractivity (Wildman–Crippen MR) is 293 cm³/mol. The molecule has 1 aliphatic carbocycles. The molecule has 0 spiro atoms. The van der Waals surface area contributed by atoms with Gasteiger partial charge in [0.25, 0.3) is 0 Å². The molecular weight excluding hydrogens is 1090 g/mol. The van der Waals surface area contributed by atoms with Crippen molar-refractivity contribution in [1.82, 2.24) is 57.5 Å². The second kappa shape index (κ2) is 29.5. The van der Waals surface area contributed by atoms with E-state index in [1.807, 2.05) is 0 Å². The first-order valence-corrected chi connectivity index (χ1v) is 28.9. The Bertz CT molecular complexity index is 2760. The Morgan fingerprint density at radius 1 is 0.659 bits per heavy atom. The molecule has 0 radical (unpaired) electrons. The Hall–Kier alpha value is -7.47. The van der Waals surface area contributed by atoms with E-state index in [2.05, 4.69) is 53.2 Å². The van der Waals surface area contributed by atoms with Gasteiger partial charge >= 0.3 is 5.97 Å². The monoisotopic (exact) mass is 1170 g/mol. The first-order chi connectivity index (χ1) is 39.0. The SMILES string of the molecule is COc1ccc(S(=O)(=O)N2CC(NC(C)=O)C(C(=O)N[C@H](CCCCN)C(=O)NC3CNCC3C(=O)N[C@H](Cc3ccc(O)cc3)C(=O)NC3CCCC3C(=O)N[C@H](CCC(=O)O)C(=O)NC3CNCC3C(=O)N[C@H](C)C(N)=O)C2)cc1. The van der Waals surface area contributed by atoms with E-state index >= 15 is 0 Å². The number of primary amides is 1. The lowest BCUT2D eigenvalue weighted by atomic mass is 9.97. The van der Waals surface area contributed by atoms with E-state index in [1.54, 1.807) is 12.1 Å². The maximum absolute atomic E-state index is 14.4. The van der Waals surface area contributed by atoms with Gasteiger partial charge in [-0.15, -0.1) is 0 Å². The number of hydrogen-bond acceptors (Lipinski definition) is 17. The van der Waals surface area contributed by atoms with Crippen LogP contribution in [-0.4, -0.2) is 183 Å².